The van der Waals surface area contributed by atoms with Gasteiger partial charge in [0.15, 0.2) is 0 Å². The number of amidine groups is 1. The first kappa shape index (κ1) is 5.53. The van der Waals surface area contributed by atoms with Gasteiger partial charge in [0.2, 0.25) is 0 Å². The summed E-state index contributed by atoms with van der Waals surface area (Å²) in [5.74, 6) is 0.723. The minimum absolute atomic E-state index is 0.380. The summed E-state index contributed by atoms with van der Waals surface area (Å²) >= 11 is 0. The van der Waals surface area contributed by atoms with E-state index < -0.39 is 0 Å². The fourth-order valence-corrected chi connectivity index (χ4v) is 1.20. The highest BCUT2D eigenvalue weighted by Crippen LogP contribution is 2.17. The van der Waals surface area contributed by atoms with Crippen LogP contribution in [0.15, 0.2) is 29.5 Å². The Balaban J connectivity index is 2.24. The molecule has 0 radical (unpaired) electrons. The van der Waals surface area contributed by atoms with Gasteiger partial charge in [-0.3, -0.25) is 5.01 Å². The Morgan fingerprint density at radius 2 is 2.50 bits per heavy atom. The summed E-state index contributed by atoms with van der Waals surface area (Å²) in [5.41, 5.74) is 5.54. The zero-order chi connectivity index (χ0) is 6.97. The van der Waals surface area contributed by atoms with Crippen molar-refractivity contribution in [2.75, 3.05) is 0 Å². The molecule has 0 aliphatic carbocycles. The highest BCUT2D eigenvalue weighted by molar-refractivity contribution is 5.82. The number of hydrogen-bond acceptors (Lipinski definition) is 3. The number of hydrogen-bond donors (Lipinski definition) is 1. The van der Waals surface area contributed by atoms with Crippen molar-refractivity contribution in [3.05, 3.63) is 24.4 Å². The van der Waals surface area contributed by atoms with Crippen LogP contribution in [0.2, 0.25) is 0 Å². The lowest BCUT2D eigenvalue weighted by Gasteiger charge is -2.17. The van der Waals surface area contributed by atoms with Gasteiger partial charge in [-0.25, -0.2) is 0 Å². The topological polar surface area (TPSA) is 41.6 Å². The molecule has 10 heavy (non-hydrogen) atoms. The molecule has 3 heteroatoms. The van der Waals surface area contributed by atoms with Crippen LogP contribution in [0.4, 0.5) is 0 Å². The van der Waals surface area contributed by atoms with Gasteiger partial charge in [-0.1, -0.05) is 12.2 Å². The molecule has 2 N–H and O–H groups in total. The smallest absolute Gasteiger partial charge is 0.122 e. The molecular weight excluding hydrogens is 126 g/mol. The van der Waals surface area contributed by atoms with E-state index in [1.54, 1.807) is 0 Å². The van der Waals surface area contributed by atoms with Crippen LogP contribution in [0.3, 0.4) is 0 Å². The van der Waals surface area contributed by atoms with Crippen molar-refractivity contribution in [2.45, 2.75) is 12.5 Å². The van der Waals surface area contributed by atoms with E-state index in [4.69, 9.17) is 5.73 Å². The predicted molar refractivity (Wildman–Crippen MR) is 40.1 cm³/mol. The lowest BCUT2D eigenvalue weighted by atomic mass is 10.1. The third kappa shape index (κ3) is 0.708. The van der Waals surface area contributed by atoms with E-state index in [0.29, 0.717) is 6.04 Å². The summed E-state index contributed by atoms with van der Waals surface area (Å²) in [5, 5.41) is 5.98. The molecular formula is C7H9N3. The Bertz CT molecular complexity index is 227. The van der Waals surface area contributed by atoms with Gasteiger partial charge in [0.05, 0.1) is 6.04 Å². The second-order valence-electron chi connectivity index (χ2n) is 2.47. The zero-order valence-corrected chi connectivity index (χ0v) is 5.57. The normalized spacial score (nSPS) is 28.6. The molecule has 2 rings (SSSR count). The van der Waals surface area contributed by atoms with E-state index in [2.05, 4.69) is 11.2 Å². The van der Waals surface area contributed by atoms with Crippen molar-refractivity contribution in [1.82, 2.24) is 5.01 Å². The quantitative estimate of drug-likeness (QED) is 0.523. The van der Waals surface area contributed by atoms with Crippen molar-refractivity contribution >= 4 is 5.84 Å². The molecule has 0 saturated carbocycles. The lowest BCUT2D eigenvalue weighted by Crippen LogP contribution is -2.20. The molecule has 0 spiro atoms. The molecule has 3 nitrogen and oxygen atoms in total. The monoisotopic (exact) mass is 135 g/mol. The molecule has 0 fully saturated rings. The van der Waals surface area contributed by atoms with Crippen molar-refractivity contribution in [1.29, 1.82) is 0 Å². The van der Waals surface area contributed by atoms with Crippen LogP contribution in [0, 0.1) is 0 Å². The zero-order valence-electron chi connectivity index (χ0n) is 5.57. The predicted octanol–water partition coefficient (Wildman–Crippen LogP) is 0.416. The van der Waals surface area contributed by atoms with E-state index in [0.717, 1.165) is 12.3 Å². The maximum Gasteiger partial charge on any atom is 0.122 e. The van der Waals surface area contributed by atoms with Gasteiger partial charge in [-0.05, 0) is 6.08 Å². The van der Waals surface area contributed by atoms with Gasteiger partial charge >= 0.3 is 0 Å². The summed E-state index contributed by atoms with van der Waals surface area (Å²) in [4.78, 5) is 0. The van der Waals surface area contributed by atoms with Crippen molar-refractivity contribution in [3.8, 4) is 0 Å². The van der Waals surface area contributed by atoms with Gasteiger partial charge in [0.25, 0.3) is 0 Å². The molecule has 2 aliphatic rings. The fraction of sp³-hybridized carbons (Fsp3) is 0.286. The standard InChI is InChI=1S/C7H9N3/c8-7-5-6-3-1-2-4-10(6)9-7/h1-4,6H,5H2,(H2,8,9). The molecule has 2 aliphatic heterocycles. The minimum atomic E-state index is 0.380. The molecule has 52 valence electrons. The second-order valence-corrected chi connectivity index (χ2v) is 2.47. The summed E-state index contributed by atoms with van der Waals surface area (Å²) in [6, 6.07) is 0.380. The van der Waals surface area contributed by atoms with Crippen LogP contribution < -0.4 is 5.73 Å². The second kappa shape index (κ2) is 1.87. The average molecular weight is 135 g/mol. The molecule has 0 bridgehead atoms. The van der Waals surface area contributed by atoms with Crippen LogP contribution >= 0.6 is 0 Å². The molecule has 0 aromatic carbocycles. The number of hydrazone groups is 1. The van der Waals surface area contributed by atoms with Gasteiger partial charge in [-0.15, -0.1) is 0 Å². The summed E-state index contributed by atoms with van der Waals surface area (Å²) < 4.78 is 0. The number of nitrogens with two attached hydrogens (primary N) is 1. The van der Waals surface area contributed by atoms with Crippen LogP contribution in [0.25, 0.3) is 0 Å². The SMILES string of the molecule is NC1=NN2C=CC=CC2C1. The largest absolute Gasteiger partial charge is 0.386 e. The van der Waals surface area contributed by atoms with Crippen LogP contribution in [0.1, 0.15) is 6.42 Å². The van der Waals surface area contributed by atoms with E-state index in [1.807, 2.05) is 23.4 Å². The van der Waals surface area contributed by atoms with Gasteiger partial charge in [-0.2, -0.15) is 5.10 Å². The van der Waals surface area contributed by atoms with E-state index in [1.165, 1.54) is 0 Å². The maximum absolute atomic E-state index is 5.54. The highest BCUT2D eigenvalue weighted by atomic mass is 15.5. The van der Waals surface area contributed by atoms with E-state index in [9.17, 15) is 0 Å². The molecule has 0 saturated heterocycles. The Kier molecular flexibility index (Phi) is 1.03. The third-order valence-electron chi connectivity index (χ3n) is 1.69. The molecule has 0 aromatic rings. The Hall–Kier alpha value is -1.25. The molecule has 0 amide bonds. The van der Waals surface area contributed by atoms with Gasteiger partial charge in [0.1, 0.15) is 5.84 Å². The number of allylic oxidation sites excluding steroid dienone is 2. The first-order chi connectivity index (χ1) is 4.86. The molecule has 0 aromatic heterocycles. The van der Waals surface area contributed by atoms with Gasteiger partial charge in [0, 0.05) is 12.6 Å². The van der Waals surface area contributed by atoms with Crippen molar-refractivity contribution < 1.29 is 0 Å². The van der Waals surface area contributed by atoms with E-state index in [-0.39, 0.29) is 0 Å². The fourth-order valence-electron chi connectivity index (χ4n) is 1.20. The van der Waals surface area contributed by atoms with Crippen molar-refractivity contribution in [2.24, 2.45) is 10.8 Å². The maximum atomic E-state index is 5.54. The summed E-state index contributed by atoms with van der Waals surface area (Å²) in [7, 11) is 0. The Labute approximate surface area is 59.5 Å². The van der Waals surface area contributed by atoms with Crippen LogP contribution in [-0.4, -0.2) is 16.9 Å². The van der Waals surface area contributed by atoms with Crippen LogP contribution in [0.5, 0.6) is 0 Å². The Morgan fingerprint density at radius 3 is 3.30 bits per heavy atom. The summed E-state index contributed by atoms with van der Waals surface area (Å²) in [6.07, 6.45) is 8.88. The number of rotatable bonds is 0. The van der Waals surface area contributed by atoms with Crippen LogP contribution in [-0.2, 0) is 0 Å². The number of nitrogens with zero attached hydrogens (tertiary/aromatic N) is 2. The average Bonchev–Trinajstić information content (AvgIpc) is 2.27. The Morgan fingerprint density at radius 1 is 1.60 bits per heavy atom. The third-order valence-corrected chi connectivity index (χ3v) is 1.69. The first-order valence-corrected chi connectivity index (χ1v) is 3.32. The molecule has 1 unspecified atom stereocenters. The van der Waals surface area contributed by atoms with Crippen molar-refractivity contribution in [3.63, 3.8) is 0 Å². The number of fused-ring (bicyclic) bond motifs is 1. The lowest BCUT2D eigenvalue weighted by molar-refractivity contribution is 0.368. The van der Waals surface area contributed by atoms with Gasteiger partial charge < -0.3 is 5.73 Å². The highest BCUT2D eigenvalue weighted by Gasteiger charge is 2.21. The summed E-state index contributed by atoms with van der Waals surface area (Å²) in [6.45, 7) is 0. The first-order valence-electron chi connectivity index (χ1n) is 3.32. The molecule has 2 heterocycles. The molecule has 1 atom stereocenters. The minimum Gasteiger partial charge on any atom is -0.386 e. The van der Waals surface area contributed by atoms with E-state index >= 15 is 0 Å².